The fourth-order valence-electron chi connectivity index (χ4n) is 2.66. The molecule has 0 aliphatic carbocycles. The SMILES string of the molecule is CN(Cc1ccc2c(c1)NC(=O)CO2)C1CCNC1. The maximum atomic E-state index is 11.3. The molecule has 1 amide bonds. The van der Waals surface area contributed by atoms with Crippen molar-refractivity contribution < 1.29 is 9.53 Å². The van der Waals surface area contributed by atoms with Gasteiger partial charge in [0.2, 0.25) is 0 Å². The number of benzene rings is 1. The van der Waals surface area contributed by atoms with Crippen molar-refractivity contribution in [2.24, 2.45) is 0 Å². The van der Waals surface area contributed by atoms with E-state index in [-0.39, 0.29) is 12.5 Å². The topological polar surface area (TPSA) is 53.6 Å². The van der Waals surface area contributed by atoms with Crippen LogP contribution >= 0.6 is 0 Å². The van der Waals surface area contributed by atoms with Crippen molar-refractivity contribution >= 4 is 11.6 Å². The minimum absolute atomic E-state index is 0.0852. The Morgan fingerprint density at radius 2 is 2.37 bits per heavy atom. The molecule has 5 nitrogen and oxygen atoms in total. The third-order valence-electron chi connectivity index (χ3n) is 3.77. The largest absolute Gasteiger partial charge is 0.482 e. The van der Waals surface area contributed by atoms with E-state index in [4.69, 9.17) is 4.74 Å². The number of fused-ring (bicyclic) bond motifs is 1. The van der Waals surface area contributed by atoms with Crippen molar-refractivity contribution in [2.45, 2.75) is 19.0 Å². The van der Waals surface area contributed by atoms with Crippen LogP contribution < -0.4 is 15.4 Å². The molecule has 0 bridgehead atoms. The van der Waals surface area contributed by atoms with Crippen LogP contribution in [0.5, 0.6) is 5.75 Å². The van der Waals surface area contributed by atoms with Gasteiger partial charge in [-0.15, -0.1) is 0 Å². The molecule has 1 fully saturated rings. The number of amides is 1. The zero-order chi connectivity index (χ0) is 13.2. The summed E-state index contributed by atoms with van der Waals surface area (Å²) >= 11 is 0. The third-order valence-corrected chi connectivity index (χ3v) is 3.77. The second kappa shape index (κ2) is 5.19. The summed E-state index contributed by atoms with van der Waals surface area (Å²) in [5.74, 6) is 0.673. The van der Waals surface area contributed by atoms with E-state index < -0.39 is 0 Å². The van der Waals surface area contributed by atoms with E-state index in [1.165, 1.54) is 12.0 Å². The zero-order valence-corrected chi connectivity index (χ0v) is 11.1. The normalized spacial score (nSPS) is 22.0. The fraction of sp³-hybridized carbons (Fsp3) is 0.500. The van der Waals surface area contributed by atoms with Crippen LogP contribution in [0.2, 0.25) is 0 Å². The maximum absolute atomic E-state index is 11.3. The van der Waals surface area contributed by atoms with Crippen LogP contribution in [0.1, 0.15) is 12.0 Å². The second-order valence-corrected chi connectivity index (χ2v) is 5.23. The zero-order valence-electron chi connectivity index (χ0n) is 11.1. The van der Waals surface area contributed by atoms with Crippen molar-refractivity contribution in [2.75, 3.05) is 32.1 Å². The van der Waals surface area contributed by atoms with Gasteiger partial charge in [0.05, 0.1) is 5.69 Å². The van der Waals surface area contributed by atoms with Gasteiger partial charge in [0, 0.05) is 19.1 Å². The van der Waals surface area contributed by atoms with E-state index >= 15 is 0 Å². The van der Waals surface area contributed by atoms with Crippen LogP contribution in [0.25, 0.3) is 0 Å². The number of hydrogen-bond acceptors (Lipinski definition) is 4. The molecule has 19 heavy (non-hydrogen) atoms. The Bertz CT molecular complexity index is 484. The highest BCUT2D eigenvalue weighted by Gasteiger charge is 2.20. The number of anilines is 1. The van der Waals surface area contributed by atoms with Gasteiger partial charge >= 0.3 is 0 Å². The molecule has 2 aliphatic heterocycles. The van der Waals surface area contributed by atoms with Crippen molar-refractivity contribution in [3.05, 3.63) is 23.8 Å². The summed E-state index contributed by atoms with van der Waals surface area (Å²) in [5.41, 5.74) is 1.98. The first-order chi connectivity index (χ1) is 9.22. The van der Waals surface area contributed by atoms with Gasteiger partial charge in [-0.25, -0.2) is 0 Å². The second-order valence-electron chi connectivity index (χ2n) is 5.23. The molecule has 2 aliphatic rings. The first-order valence-electron chi connectivity index (χ1n) is 6.69. The monoisotopic (exact) mass is 261 g/mol. The van der Waals surface area contributed by atoms with Gasteiger partial charge in [-0.05, 0) is 37.7 Å². The predicted octanol–water partition coefficient (Wildman–Crippen LogP) is 0.811. The Labute approximate surface area is 112 Å². The number of nitrogens with zero attached hydrogens (tertiary/aromatic N) is 1. The first-order valence-corrected chi connectivity index (χ1v) is 6.69. The summed E-state index contributed by atoms with van der Waals surface area (Å²) in [7, 11) is 2.15. The number of rotatable bonds is 3. The average molecular weight is 261 g/mol. The number of nitrogens with one attached hydrogen (secondary N) is 2. The molecule has 0 saturated carbocycles. The van der Waals surface area contributed by atoms with Crippen molar-refractivity contribution in [1.29, 1.82) is 0 Å². The molecular weight excluding hydrogens is 242 g/mol. The highest BCUT2D eigenvalue weighted by atomic mass is 16.5. The Balaban J connectivity index is 1.71. The highest BCUT2D eigenvalue weighted by Crippen LogP contribution is 2.29. The lowest BCUT2D eigenvalue weighted by molar-refractivity contribution is -0.118. The molecule has 0 spiro atoms. The first kappa shape index (κ1) is 12.4. The molecule has 0 aromatic heterocycles. The average Bonchev–Trinajstić information content (AvgIpc) is 2.92. The van der Waals surface area contributed by atoms with Crippen LogP contribution in [-0.4, -0.2) is 43.6 Å². The molecule has 5 heteroatoms. The molecule has 3 rings (SSSR count). The van der Waals surface area contributed by atoms with Crippen molar-refractivity contribution in [3.8, 4) is 5.75 Å². The fourth-order valence-corrected chi connectivity index (χ4v) is 2.66. The van der Waals surface area contributed by atoms with Gasteiger partial charge in [-0.2, -0.15) is 0 Å². The number of likely N-dealkylation sites (N-methyl/N-ethyl adjacent to an activating group) is 1. The molecule has 1 saturated heterocycles. The maximum Gasteiger partial charge on any atom is 0.262 e. The van der Waals surface area contributed by atoms with Gasteiger partial charge < -0.3 is 15.4 Å². The lowest BCUT2D eigenvalue weighted by atomic mass is 10.1. The Morgan fingerprint density at radius 1 is 1.47 bits per heavy atom. The van der Waals surface area contributed by atoms with E-state index in [9.17, 15) is 4.79 Å². The quantitative estimate of drug-likeness (QED) is 0.845. The number of carbonyl (C=O) groups excluding carboxylic acids is 1. The van der Waals surface area contributed by atoms with Crippen molar-refractivity contribution in [3.63, 3.8) is 0 Å². The Morgan fingerprint density at radius 3 is 3.16 bits per heavy atom. The van der Waals surface area contributed by atoms with Crippen LogP contribution in [-0.2, 0) is 11.3 Å². The molecule has 1 unspecified atom stereocenters. The molecule has 2 heterocycles. The summed E-state index contributed by atoms with van der Waals surface area (Å²) in [4.78, 5) is 13.7. The summed E-state index contributed by atoms with van der Waals surface area (Å²) in [5, 5.41) is 6.22. The van der Waals surface area contributed by atoms with Gasteiger partial charge in [0.15, 0.2) is 6.61 Å². The van der Waals surface area contributed by atoms with Crippen LogP contribution in [0.4, 0.5) is 5.69 Å². The summed E-state index contributed by atoms with van der Waals surface area (Å²) < 4.78 is 5.36. The number of ether oxygens (including phenoxy) is 1. The molecule has 1 aromatic carbocycles. The lowest BCUT2D eigenvalue weighted by Gasteiger charge is -2.24. The van der Waals surface area contributed by atoms with E-state index in [0.29, 0.717) is 6.04 Å². The molecule has 2 N–H and O–H groups in total. The Hall–Kier alpha value is -1.59. The third kappa shape index (κ3) is 2.72. The standard InChI is InChI=1S/C14H19N3O2/c1-17(11-4-5-15-7-11)8-10-2-3-13-12(6-10)16-14(18)9-19-13/h2-3,6,11,15H,4-5,7-9H2,1H3,(H,16,18). The summed E-state index contributed by atoms with van der Waals surface area (Å²) in [6.07, 6.45) is 1.20. The summed E-state index contributed by atoms with van der Waals surface area (Å²) in [6.45, 7) is 3.15. The number of hydrogen-bond donors (Lipinski definition) is 2. The Kier molecular flexibility index (Phi) is 3.40. The van der Waals surface area contributed by atoms with E-state index in [0.717, 1.165) is 31.1 Å². The molecule has 0 radical (unpaired) electrons. The van der Waals surface area contributed by atoms with Gasteiger partial charge in [-0.1, -0.05) is 6.07 Å². The van der Waals surface area contributed by atoms with Crippen LogP contribution in [0.3, 0.4) is 0 Å². The molecule has 1 aromatic rings. The predicted molar refractivity (Wildman–Crippen MR) is 73.3 cm³/mol. The lowest BCUT2D eigenvalue weighted by Crippen LogP contribution is -2.33. The van der Waals surface area contributed by atoms with Crippen molar-refractivity contribution in [1.82, 2.24) is 10.2 Å². The molecule has 1 atom stereocenters. The van der Waals surface area contributed by atoms with E-state index in [1.807, 2.05) is 12.1 Å². The smallest absolute Gasteiger partial charge is 0.262 e. The molecular formula is C14H19N3O2. The molecule has 102 valence electrons. The highest BCUT2D eigenvalue weighted by molar-refractivity contribution is 5.95. The van der Waals surface area contributed by atoms with Gasteiger partial charge in [-0.3, -0.25) is 9.69 Å². The van der Waals surface area contributed by atoms with Crippen LogP contribution in [0.15, 0.2) is 18.2 Å². The number of carbonyl (C=O) groups is 1. The minimum Gasteiger partial charge on any atom is -0.482 e. The minimum atomic E-state index is -0.0852. The van der Waals surface area contributed by atoms with Gasteiger partial charge in [0.1, 0.15) is 5.75 Å². The van der Waals surface area contributed by atoms with E-state index in [2.05, 4.69) is 28.6 Å². The van der Waals surface area contributed by atoms with Gasteiger partial charge in [0.25, 0.3) is 5.91 Å². The van der Waals surface area contributed by atoms with E-state index in [1.54, 1.807) is 0 Å². The van der Waals surface area contributed by atoms with Crippen LogP contribution in [0, 0.1) is 0 Å². The summed E-state index contributed by atoms with van der Waals surface area (Å²) in [6, 6.07) is 6.60.